The van der Waals surface area contributed by atoms with Gasteiger partial charge in [-0.25, -0.2) is 4.98 Å². The van der Waals surface area contributed by atoms with E-state index in [0.717, 1.165) is 18.6 Å². The van der Waals surface area contributed by atoms with Gasteiger partial charge in [-0.15, -0.1) is 0 Å². The predicted molar refractivity (Wildman–Crippen MR) is 99.6 cm³/mol. The van der Waals surface area contributed by atoms with Gasteiger partial charge in [-0.1, -0.05) is 19.0 Å². The molecule has 0 atom stereocenters. The molecule has 0 unspecified atom stereocenters. The molecule has 27 heavy (non-hydrogen) atoms. The molecule has 1 aliphatic carbocycles. The molecule has 8 nitrogen and oxygen atoms in total. The van der Waals surface area contributed by atoms with Crippen LogP contribution in [0.5, 0.6) is 0 Å². The first-order valence-corrected chi connectivity index (χ1v) is 9.12. The summed E-state index contributed by atoms with van der Waals surface area (Å²) in [6.07, 6.45) is 3.57. The fourth-order valence-corrected chi connectivity index (χ4v) is 2.85. The van der Waals surface area contributed by atoms with Crippen molar-refractivity contribution in [2.24, 2.45) is 0 Å². The van der Waals surface area contributed by atoms with Crippen LogP contribution in [0, 0.1) is 6.92 Å². The molecule has 1 fully saturated rings. The molecule has 8 heteroatoms. The number of rotatable bonds is 6. The first kappa shape index (κ1) is 17.5. The number of carbonyl (C=O) groups excluding carboxylic acids is 1. The highest BCUT2D eigenvalue weighted by atomic mass is 16.5. The number of hydrogen-bond donors (Lipinski definition) is 2. The number of nitrogens with zero attached hydrogens (tertiary/aromatic N) is 3. The van der Waals surface area contributed by atoms with Crippen LogP contribution >= 0.6 is 0 Å². The molecule has 0 spiro atoms. The third-order valence-electron chi connectivity index (χ3n) is 4.79. The lowest BCUT2D eigenvalue weighted by molar-refractivity contribution is 0.0951. The lowest BCUT2D eigenvalue weighted by Crippen LogP contribution is -2.23. The Labute approximate surface area is 156 Å². The average Bonchev–Trinajstić information content (AvgIpc) is 3.03. The Bertz CT molecular complexity index is 1000. The summed E-state index contributed by atoms with van der Waals surface area (Å²) in [7, 11) is 0. The average molecular weight is 369 g/mol. The highest BCUT2D eigenvalue weighted by Gasteiger charge is 2.38. The third-order valence-corrected chi connectivity index (χ3v) is 4.79. The van der Waals surface area contributed by atoms with Gasteiger partial charge in [-0.3, -0.25) is 4.79 Å². The Kier molecular flexibility index (Phi) is 4.13. The van der Waals surface area contributed by atoms with Gasteiger partial charge in [0.15, 0.2) is 0 Å². The third kappa shape index (κ3) is 3.51. The molecule has 3 aromatic heterocycles. The Morgan fingerprint density at radius 3 is 2.78 bits per heavy atom. The number of aromatic nitrogens is 3. The minimum atomic E-state index is -0.265. The Morgan fingerprint density at radius 2 is 2.11 bits per heavy atom. The van der Waals surface area contributed by atoms with E-state index in [0.29, 0.717) is 34.0 Å². The van der Waals surface area contributed by atoms with Gasteiger partial charge in [0.05, 0.1) is 17.5 Å². The van der Waals surface area contributed by atoms with E-state index >= 15 is 0 Å². The highest BCUT2D eigenvalue weighted by Crippen LogP contribution is 2.39. The lowest BCUT2D eigenvalue weighted by Gasteiger charge is -2.13. The number of aryl methyl sites for hydroxylation is 1. The van der Waals surface area contributed by atoms with Crippen LogP contribution < -0.4 is 10.6 Å². The Morgan fingerprint density at radius 1 is 1.33 bits per heavy atom. The number of anilines is 1. The Balaban J connectivity index is 1.57. The van der Waals surface area contributed by atoms with Crippen molar-refractivity contribution >= 4 is 22.8 Å². The number of furan rings is 1. The van der Waals surface area contributed by atoms with Gasteiger partial charge in [-0.2, -0.15) is 4.98 Å². The van der Waals surface area contributed by atoms with Crippen molar-refractivity contribution in [3.8, 4) is 0 Å². The van der Waals surface area contributed by atoms with Crippen molar-refractivity contribution in [2.75, 3.05) is 5.32 Å². The summed E-state index contributed by atoms with van der Waals surface area (Å²) < 4.78 is 10.8. The first-order chi connectivity index (χ1) is 12.8. The summed E-state index contributed by atoms with van der Waals surface area (Å²) in [5.41, 5.74) is 1.51. The quantitative estimate of drug-likeness (QED) is 0.684. The van der Waals surface area contributed by atoms with E-state index in [-0.39, 0.29) is 23.9 Å². The number of nitrogens with one attached hydrogen (secondary N) is 2. The molecule has 3 aromatic rings. The van der Waals surface area contributed by atoms with E-state index in [1.807, 2.05) is 19.9 Å². The SMILES string of the molecule is Cc1nc(NC2(C)CC2)c2c(C(=O)NCc3cc(C(C)C)on3)coc2n1. The normalized spacial score (nSPS) is 15.3. The van der Waals surface area contributed by atoms with Crippen LogP contribution in [0.1, 0.15) is 67.2 Å². The molecular formula is C19H23N5O3. The van der Waals surface area contributed by atoms with Crippen molar-refractivity contribution in [3.05, 3.63) is 35.2 Å². The molecule has 0 bridgehead atoms. The summed E-state index contributed by atoms with van der Waals surface area (Å²) in [6.45, 7) is 8.26. The van der Waals surface area contributed by atoms with Crippen LogP contribution in [0.2, 0.25) is 0 Å². The van der Waals surface area contributed by atoms with Crippen LogP contribution in [0.25, 0.3) is 11.1 Å². The van der Waals surface area contributed by atoms with Gasteiger partial charge in [0.1, 0.15) is 29.4 Å². The van der Waals surface area contributed by atoms with E-state index < -0.39 is 0 Å². The van der Waals surface area contributed by atoms with Crippen LogP contribution in [0.15, 0.2) is 21.3 Å². The van der Waals surface area contributed by atoms with Crippen molar-refractivity contribution in [3.63, 3.8) is 0 Å². The molecule has 0 saturated heterocycles. The van der Waals surface area contributed by atoms with E-state index in [1.165, 1.54) is 6.26 Å². The molecule has 1 aliphatic rings. The predicted octanol–water partition coefficient (Wildman–Crippen LogP) is 3.54. The number of hydrogen-bond acceptors (Lipinski definition) is 7. The maximum absolute atomic E-state index is 12.7. The number of fused-ring (bicyclic) bond motifs is 1. The molecule has 0 aromatic carbocycles. The zero-order valence-electron chi connectivity index (χ0n) is 15.9. The molecule has 0 aliphatic heterocycles. The van der Waals surface area contributed by atoms with Crippen molar-refractivity contribution in [2.45, 2.75) is 58.5 Å². The van der Waals surface area contributed by atoms with E-state index in [2.05, 4.69) is 32.7 Å². The smallest absolute Gasteiger partial charge is 0.255 e. The highest BCUT2D eigenvalue weighted by molar-refractivity contribution is 6.08. The lowest BCUT2D eigenvalue weighted by atomic mass is 10.1. The maximum Gasteiger partial charge on any atom is 0.255 e. The summed E-state index contributed by atoms with van der Waals surface area (Å²) in [4.78, 5) is 21.5. The molecule has 1 amide bonds. The standard InChI is InChI=1S/C19H23N5O3/c1-10(2)14-7-12(24-27-14)8-20-17(25)13-9-26-18-15(13)16(21-11(3)22-18)23-19(4)5-6-19/h7,9-10H,5-6,8H2,1-4H3,(H,20,25)(H,21,22,23). The van der Waals surface area contributed by atoms with E-state index in [4.69, 9.17) is 8.94 Å². The van der Waals surface area contributed by atoms with Gasteiger partial charge in [-0.05, 0) is 26.7 Å². The molecule has 3 heterocycles. The van der Waals surface area contributed by atoms with Crippen LogP contribution in [0.4, 0.5) is 5.82 Å². The minimum absolute atomic E-state index is 0.0205. The van der Waals surface area contributed by atoms with Gasteiger partial charge >= 0.3 is 0 Å². The molecule has 0 radical (unpaired) electrons. The van der Waals surface area contributed by atoms with Gasteiger partial charge in [0.25, 0.3) is 5.91 Å². The molecule has 142 valence electrons. The molecule has 4 rings (SSSR count). The van der Waals surface area contributed by atoms with Crippen molar-refractivity contribution < 1.29 is 13.7 Å². The second kappa shape index (κ2) is 6.37. The largest absolute Gasteiger partial charge is 0.445 e. The molecule has 2 N–H and O–H groups in total. The molecular weight excluding hydrogens is 346 g/mol. The minimum Gasteiger partial charge on any atom is -0.445 e. The van der Waals surface area contributed by atoms with E-state index in [1.54, 1.807) is 6.92 Å². The Hall–Kier alpha value is -2.90. The number of amides is 1. The van der Waals surface area contributed by atoms with Gasteiger partial charge in [0, 0.05) is 17.5 Å². The van der Waals surface area contributed by atoms with Crippen LogP contribution in [-0.4, -0.2) is 26.6 Å². The van der Waals surface area contributed by atoms with Crippen LogP contribution in [0.3, 0.4) is 0 Å². The zero-order valence-corrected chi connectivity index (χ0v) is 15.9. The van der Waals surface area contributed by atoms with Crippen molar-refractivity contribution in [1.29, 1.82) is 0 Å². The molecule has 1 saturated carbocycles. The summed E-state index contributed by atoms with van der Waals surface area (Å²) in [5.74, 6) is 2.01. The summed E-state index contributed by atoms with van der Waals surface area (Å²) >= 11 is 0. The fourth-order valence-electron chi connectivity index (χ4n) is 2.85. The topological polar surface area (TPSA) is 106 Å². The maximum atomic E-state index is 12.7. The number of carbonyl (C=O) groups is 1. The second-order valence-electron chi connectivity index (χ2n) is 7.69. The van der Waals surface area contributed by atoms with Crippen molar-refractivity contribution in [1.82, 2.24) is 20.4 Å². The fraction of sp³-hybridized carbons (Fsp3) is 0.474. The zero-order chi connectivity index (χ0) is 19.2. The summed E-state index contributed by atoms with van der Waals surface area (Å²) in [5, 5.41) is 10.9. The van der Waals surface area contributed by atoms with Gasteiger partial charge < -0.3 is 19.6 Å². The summed E-state index contributed by atoms with van der Waals surface area (Å²) in [6, 6.07) is 1.85. The first-order valence-electron chi connectivity index (χ1n) is 9.12. The monoisotopic (exact) mass is 369 g/mol. The van der Waals surface area contributed by atoms with Crippen LogP contribution in [-0.2, 0) is 6.54 Å². The van der Waals surface area contributed by atoms with E-state index in [9.17, 15) is 4.79 Å². The van der Waals surface area contributed by atoms with Gasteiger partial charge in [0.2, 0.25) is 5.71 Å². The second-order valence-corrected chi connectivity index (χ2v) is 7.69.